The van der Waals surface area contributed by atoms with E-state index in [1.807, 2.05) is 0 Å². The van der Waals surface area contributed by atoms with Gasteiger partial charge in [-0.2, -0.15) is 13.2 Å². The number of hydrogen-bond acceptors (Lipinski definition) is 3. The fraction of sp³-hybridized carbons (Fsp3) is 0.364. The molecular formula is C11H11F3O3. The molecule has 0 fully saturated rings. The van der Waals surface area contributed by atoms with Gasteiger partial charge in [0, 0.05) is 0 Å². The fourth-order valence-corrected chi connectivity index (χ4v) is 1.22. The van der Waals surface area contributed by atoms with Gasteiger partial charge in [0.2, 0.25) is 0 Å². The molecule has 94 valence electrons. The number of aryl methyl sites for hydroxylation is 1. The minimum Gasteiger partial charge on any atom is -0.467 e. The highest BCUT2D eigenvalue weighted by molar-refractivity contribution is 5.80. The van der Waals surface area contributed by atoms with Gasteiger partial charge in [-0.25, -0.2) is 0 Å². The summed E-state index contributed by atoms with van der Waals surface area (Å²) < 4.78 is 44.6. The lowest BCUT2D eigenvalue weighted by atomic mass is 10.1. The molecule has 0 aliphatic heterocycles. The molecule has 0 amide bonds. The number of ether oxygens (including phenoxy) is 2. The second kappa shape index (κ2) is 5.67. The number of rotatable bonds is 5. The van der Waals surface area contributed by atoms with E-state index in [2.05, 4.69) is 4.74 Å². The monoisotopic (exact) mass is 248 g/mol. The van der Waals surface area contributed by atoms with E-state index in [1.165, 1.54) is 6.07 Å². The van der Waals surface area contributed by atoms with E-state index in [0.717, 1.165) is 0 Å². The van der Waals surface area contributed by atoms with Crippen molar-refractivity contribution in [3.8, 4) is 5.75 Å². The minimum absolute atomic E-state index is 0.240. The van der Waals surface area contributed by atoms with Crippen molar-refractivity contribution in [1.29, 1.82) is 0 Å². The lowest BCUT2D eigenvalue weighted by Gasteiger charge is -2.12. The third-order valence-corrected chi connectivity index (χ3v) is 1.92. The van der Waals surface area contributed by atoms with Gasteiger partial charge in [0.25, 0.3) is 0 Å². The number of benzene rings is 1. The molecule has 0 bridgehead atoms. The van der Waals surface area contributed by atoms with Crippen LogP contribution in [0.4, 0.5) is 13.2 Å². The van der Waals surface area contributed by atoms with Gasteiger partial charge in [0.1, 0.15) is 12.4 Å². The molecule has 0 saturated heterocycles. The number of halogens is 3. The Morgan fingerprint density at radius 3 is 2.65 bits per heavy atom. The number of para-hydroxylation sites is 1. The molecule has 0 N–H and O–H groups in total. The quantitative estimate of drug-likeness (QED) is 0.456. The number of hydrogen-bond donors (Lipinski definition) is 0. The molecule has 0 heterocycles. The summed E-state index contributed by atoms with van der Waals surface area (Å²) in [4.78, 5) is 10.7. The zero-order valence-corrected chi connectivity index (χ0v) is 9.08. The van der Waals surface area contributed by atoms with E-state index in [4.69, 9.17) is 4.74 Å². The summed E-state index contributed by atoms with van der Waals surface area (Å²) in [6.45, 7) is -0.243. The average Bonchev–Trinajstić information content (AvgIpc) is 2.24. The Hall–Kier alpha value is -1.56. The average molecular weight is 248 g/mol. The fourth-order valence-electron chi connectivity index (χ4n) is 1.22. The predicted octanol–water partition coefficient (Wildman–Crippen LogP) is 2.72. The van der Waals surface area contributed by atoms with Gasteiger partial charge < -0.3 is 9.47 Å². The lowest BCUT2D eigenvalue weighted by Crippen LogP contribution is -2.19. The Bertz CT molecular complexity index is 388. The van der Waals surface area contributed by atoms with Gasteiger partial charge in [-0.15, -0.1) is 0 Å². The van der Waals surface area contributed by atoms with E-state index in [9.17, 15) is 18.0 Å². The van der Waals surface area contributed by atoms with Crippen LogP contribution in [-0.2, 0) is 4.74 Å². The predicted molar refractivity (Wildman–Crippen MR) is 54.1 cm³/mol. The standard InChI is InChI=1S/C11H11F3O3/c1-8-3-2-4-9(5-15)10(8)17-7-16-6-11(12,13)14/h2-5H,6-7H2,1H3. The van der Waals surface area contributed by atoms with E-state index < -0.39 is 19.6 Å². The van der Waals surface area contributed by atoms with E-state index in [1.54, 1.807) is 19.1 Å². The van der Waals surface area contributed by atoms with Crippen molar-refractivity contribution in [2.24, 2.45) is 0 Å². The Kier molecular flexibility index (Phi) is 4.51. The third kappa shape index (κ3) is 4.44. The number of alkyl halides is 3. The Morgan fingerprint density at radius 1 is 1.35 bits per heavy atom. The Balaban J connectivity index is 2.54. The molecule has 0 radical (unpaired) electrons. The SMILES string of the molecule is Cc1cccc(C=O)c1OCOCC(F)(F)F. The molecule has 1 aromatic rings. The molecule has 1 rings (SSSR count). The molecule has 17 heavy (non-hydrogen) atoms. The van der Waals surface area contributed by atoms with Crippen LogP contribution in [0.1, 0.15) is 15.9 Å². The number of carbonyl (C=O) groups excluding carboxylic acids is 1. The van der Waals surface area contributed by atoms with Gasteiger partial charge >= 0.3 is 6.18 Å². The summed E-state index contributed by atoms with van der Waals surface area (Å²) in [5.74, 6) is 0.240. The van der Waals surface area contributed by atoms with Gasteiger partial charge in [-0.3, -0.25) is 4.79 Å². The Morgan fingerprint density at radius 2 is 2.06 bits per heavy atom. The molecular weight excluding hydrogens is 237 g/mol. The molecule has 1 aromatic carbocycles. The summed E-state index contributed by atoms with van der Waals surface area (Å²) in [7, 11) is 0. The Labute approximate surface area is 96.1 Å². The molecule has 3 nitrogen and oxygen atoms in total. The van der Waals surface area contributed by atoms with Gasteiger partial charge in [0.05, 0.1) is 5.56 Å². The maximum absolute atomic E-state index is 11.8. The highest BCUT2D eigenvalue weighted by Crippen LogP contribution is 2.22. The first-order valence-corrected chi connectivity index (χ1v) is 4.76. The van der Waals surface area contributed by atoms with E-state index >= 15 is 0 Å². The van der Waals surface area contributed by atoms with Crippen LogP contribution in [0.3, 0.4) is 0 Å². The first-order valence-electron chi connectivity index (χ1n) is 4.76. The van der Waals surface area contributed by atoms with Crippen LogP contribution < -0.4 is 4.74 Å². The second-order valence-electron chi connectivity index (χ2n) is 3.34. The van der Waals surface area contributed by atoms with Crippen molar-refractivity contribution in [1.82, 2.24) is 0 Å². The van der Waals surface area contributed by atoms with Crippen LogP contribution >= 0.6 is 0 Å². The minimum atomic E-state index is -4.39. The maximum Gasteiger partial charge on any atom is 0.411 e. The second-order valence-corrected chi connectivity index (χ2v) is 3.34. The summed E-state index contributed by atoms with van der Waals surface area (Å²) in [5.41, 5.74) is 0.936. The largest absolute Gasteiger partial charge is 0.467 e. The smallest absolute Gasteiger partial charge is 0.411 e. The number of aldehydes is 1. The van der Waals surface area contributed by atoms with Crippen LogP contribution in [-0.4, -0.2) is 25.9 Å². The third-order valence-electron chi connectivity index (χ3n) is 1.92. The van der Waals surface area contributed by atoms with Crippen LogP contribution in [0.25, 0.3) is 0 Å². The summed E-state index contributed by atoms with van der Waals surface area (Å²) in [6, 6.07) is 4.85. The van der Waals surface area contributed by atoms with Crippen molar-refractivity contribution < 1.29 is 27.4 Å². The highest BCUT2D eigenvalue weighted by Gasteiger charge is 2.27. The first-order chi connectivity index (χ1) is 7.94. The maximum atomic E-state index is 11.8. The van der Waals surface area contributed by atoms with Crippen LogP contribution in [0, 0.1) is 6.92 Å². The van der Waals surface area contributed by atoms with Crippen LogP contribution in [0.5, 0.6) is 5.75 Å². The molecule has 0 unspecified atom stereocenters. The molecule has 0 aliphatic rings. The molecule has 0 atom stereocenters. The lowest BCUT2D eigenvalue weighted by molar-refractivity contribution is -0.186. The molecule has 6 heteroatoms. The molecule has 0 aliphatic carbocycles. The normalized spacial score (nSPS) is 11.3. The van der Waals surface area contributed by atoms with Crippen molar-refractivity contribution in [3.05, 3.63) is 29.3 Å². The van der Waals surface area contributed by atoms with Crippen molar-refractivity contribution in [2.45, 2.75) is 13.1 Å². The van der Waals surface area contributed by atoms with E-state index in [0.29, 0.717) is 11.8 Å². The van der Waals surface area contributed by atoms with E-state index in [-0.39, 0.29) is 11.3 Å². The summed E-state index contributed by atoms with van der Waals surface area (Å²) in [5, 5.41) is 0. The van der Waals surface area contributed by atoms with Crippen molar-refractivity contribution in [2.75, 3.05) is 13.4 Å². The highest BCUT2D eigenvalue weighted by atomic mass is 19.4. The van der Waals surface area contributed by atoms with Crippen LogP contribution in [0.2, 0.25) is 0 Å². The zero-order chi connectivity index (χ0) is 12.9. The van der Waals surface area contributed by atoms with Gasteiger partial charge in [0.15, 0.2) is 13.1 Å². The van der Waals surface area contributed by atoms with Crippen molar-refractivity contribution in [3.63, 3.8) is 0 Å². The molecule has 0 aromatic heterocycles. The molecule has 0 saturated carbocycles. The topological polar surface area (TPSA) is 35.5 Å². The molecule has 0 spiro atoms. The summed E-state index contributed by atoms with van der Waals surface area (Å²) in [6.07, 6.45) is -3.81. The van der Waals surface area contributed by atoms with Gasteiger partial charge in [-0.1, -0.05) is 12.1 Å². The zero-order valence-electron chi connectivity index (χ0n) is 9.08. The first kappa shape index (κ1) is 13.5. The van der Waals surface area contributed by atoms with Crippen LogP contribution in [0.15, 0.2) is 18.2 Å². The van der Waals surface area contributed by atoms with Crippen molar-refractivity contribution >= 4 is 6.29 Å². The summed E-state index contributed by atoms with van der Waals surface area (Å²) >= 11 is 0. The van der Waals surface area contributed by atoms with Gasteiger partial charge in [-0.05, 0) is 18.6 Å². The number of carbonyl (C=O) groups is 1.